The van der Waals surface area contributed by atoms with Gasteiger partial charge in [-0.15, -0.1) is 0 Å². The van der Waals surface area contributed by atoms with Crippen LogP contribution in [0.3, 0.4) is 0 Å². The van der Waals surface area contributed by atoms with Crippen LogP contribution in [0.2, 0.25) is 5.02 Å². The van der Waals surface area contributed by atoms with Gasteiger partial charge < -0.3 is 5.11 Å². The van der Waals surface area contributed by atoms with Gasteiger partial charge in [0, 0.05) is 11.1 Å². The molecular weight excluding hydrogens is 341 g/mol. The second-order valence-corrected chi connectivity index (χ2v) is 5.30. The first-order valence-corrected chi connectivity index (χ1v) is 7.20. The number of hydrogen-bond acceptors (Lipinski definition) is 1. The predicted molar refractivity (Wildman–Crippen MR) is 86.8 cm³/mol. The first-order chi connectivity index (χ1) is 11.3. The van der Waals surface area contributed by atoms with Crippen LogP contribution in [0.4, 0.5) is 13.2 Å². The molecule has 0 aliphatic rings. The molecule has 0 heterocycles. The molecule has 124 valence electrons. The van der Waals surface area contributed by atoms with Crippen molar-refractivity contribution >= 4 is 23.1 Å². The van der Waals surface area contributed by atoms with Gasteiger partial charge in [-0.05, 0) is 41.0 Å². The van der Waals surface area contributed by atoms with Gasteiger partial charge in [0.05, 0.1) is 5.56 Å². The van der Waals surface area contributed by atoms with Crippen LogP contribution in [0.5, 0.6) is 0 Å². The lowest BCUT2D eigenvalue weighted by molar-refractivity contribution is -0.137. The molecule has 2 aromatic rings. The lowest BCUT2D eigenvalue weighted by Gasteiger charge is -2.11. The minimum absolute atomic E-state index is 0.520. The van der Waals surface area contributed by atoms with Crippen molar-refractivity contribution in [2.45, 2.75) is 6.18 Å². The van der Waals surface area contributed by atoms with Gasteiger partial charge in [-0.3, -0.25) is 0 Å². The molecule has 24 heavy (non-hydrogen) atoms. The fourth-order valence-electron chi connectivity index (χ4n) is 2.05. The first kappa shape index (κ1) is 17.8. The van der Waals surface area contributed by atoms with E-state index >= 15 is 0 Å². The average molecular weight is 353 g/mol. The summed E-state index contributed by atoms with van der Waals surface area (Å²) in [6.07, 6.45) is -0.615. The van der Waals surface area contributed by atoms with Gasteiger partial charge in [-0.2, -0.15) is 13.2 Å². The molecule has 0 aromatic heterocycles. The summed E-state index contributed by atoms with van der Waals surface area (Å²) in [6, 6.07) is 11.4. The summed E-state index contributed by atoms with van der Waals surface area (Å²) < 4.78 is 38.0. The Balaban J connectivity index is 2.46. The van der Waals surface area contributed by atoms with Crippen LogP contribution in [-0.4, -0.2) is 11.1 Å². The van der Waals surface area contributed by atoms with Crippen LogP contribution < -0.4 is 0 Å². The Bertz CT molecular complexity index is 773. The lowest BCUT2D eigenvalue weighted by Crippen LogP contribution is -2.04. The molecule has 0 saturated carbocycles. The Labute approximate surface area is 141 Å². The number of benzene rings is 2. The molecule has 0 radical (unpaired) electrons. The van der Waals surface area contributed by atoms with Crippen molar-refractivity contribution in [1.82, 2.24) is 0 Å². The fraction of sp³-hybridized carbons (Fsp3) is 0.0556. The topological polar surface area (TPSA) is 37.3 Å². The van der Waals surface area contributed by atoms with Crippen molar-refractivity contribution in [3.05, 3.63) is 88.5 Å². The van der Waals surface area contributed by atoms with Crippen molar-refractivity contribution in [2.75, 3.05) is 0 Å². The predicted octanol–water partition coefficient (Wildman–Crippen LogP) is 5.43. The van der Waals surface area contributed by atoms with E-state index in [1.165, 1.54) is 24.3 Å². The molecule has 0 bridgehead atoms. The maximum atomic E-state index is 12.7. The third kappa shape index (κ3) is 4.73. The second-order valence-electron chi connectivity index (χ2n) is 4.86. The SMILES string of the molecule is O=C(O)/C=C/C=C(\c1ccc(Cl)cc1)c1ccc(C(F)(F)F)cc1. The molecule has 1 N–H and O–H groups in total. The highest BCUT2D eigenvalue weighted by Crippen LogP contribution is 2.31. The van der Waals surface area contributed by atoms with Gasteiger partial charge in [0.15, 0.2) is 0 Å². The Morgan fingerprint density at radius 1 is 0.958 bits per heavy atom. The van der Waals surface area contributed by atoms with Crippen molar-refractivity contribution in [2.24, 2.45) is 0 Å². The number of carbonyl (C=O) groups is 1. The van der Waals surface area contributed by atoms with E-state index < -0.39 is 17.7 Å². The summed E-state index contributed by atoms with van der Waals surface area (Å²) in [6.45, 7) is 0. The number of hydrogen-bond donors (Lipinski definition) is 1. The van der Waals surface area contributed by atoms with E-state index in [0.29, 0.717) is 21.7 Å². The molecule has 0 unspecified atom stereocenters. The number of rotatable bonds is 4. The van der Waals surface area contributed by atoms with E-state index in [1.54, 1.807) is 24.3 Å². The Morgan fingerprint density at radius 3 is 1.92 bits per heavy atom. The van der Waals surface area contributed by atoms with Gasteiger partial charge in [-0.1, -0.05) is 48.0 Å². The lowest BCUT2D eigenvalue weighted by atomic mass is 9.96. The molecule has 0 spiro atoms. The summed E-state index contributed by atoms with van der Waals surface area (Å²) in [5.41, 5.74) is 1.07. The van der Waals surface area contributed by atoms with E-state index in [4.69, 9.17) is 16.7 Å². The Kier molecular flexibility index (Phi) is 5.46. The van der Waals surface area contributed by atoms with E-state index in [-0.39, 0.29) is 0 Å². The summed E-state index contributed by atoms with van der Waals surface area (Å²) >= 11 is 5.84. The monoisotopic (exact) mass is 352 g/mol. The standard InChI is InChI=1S/C18H12ClF3O2/c19-15-10-6-13(7-11-15)16(2-1-3-17(23)24)12-4-8-14(9-5-12)18(20,21)22/h1-11H,(H,23,24)/b3-1+,16-2-. The van der Waals surface area contributed by atoms with E-state index in [2.05, 4.69) is 0 Å². The van der Waals surface area contributed by atoms with E-state index in [0.717, 1.165) is 18.2 Å². The third-order valence-electron chi connectivity index (χ3n) is 3.18. The van der Waals surface area contributed by atoms with Crippen molar-refractivity contribution in [3.63, 3.8) is 0 Å². The van der Waals surface area contributed by atoms with Gasteiger partial charge in [-0.25, -0.2) is 4.79 Å². The van der Waals surface area contributed by atoms with Crippen molar-refractivity contribution in [3.8, 4) is 0 Å². The molecule has 0 fully saturated rings. The highest BCUT2D eigenvalue weighted by molar-refractivity contribution is 6.30. The highest BCUT2D eigenvalue weighted by atomic mass is 35.5. The Hall–Kier alpha value is -2.53. The molecule has 6 heteroatoms. The maximum Gasteiger partial charge on any atom is 0.416 e. The molecule has 0 amide bonds. The number of aliphatic carboxylic acids is 1. The van der Waals surface area contributed by atoms with E-state index in [9.17, 15) is 18.0 Å². The van der Waals surface area contributed by atoms with Crippen LogP contribution in [0, 0.1) is 0 Å². The normalized spacial score (nSPS) is 12.6. The minimum Gasteiger partial charge on any atom is -0.478 e. The number of carboxylic acids is 1. The molecule has 0 aliphatic heterocycles. The van der Waals surface area contributed by atoms with Gasteiger partial charge in [0.2, 0.25) is 0 Å². The van der Waals surface area contributed by atoms with Gasteiger partial charge >= 0.3 is 12.1 Å². The van der Waals surface area contributed by atoms with Crippen LogP contribution in [0.15, 0.2) is 66.8 Å². The fourth-order valence-corrected chi connectivity index (χ4v) is 2.18. The zero-order chi connectivity index (χ0) is 17.7. The molecule has 0 saturated heterocycles. The summed E-state index contributed by atoms with van der Waals surface area (Å²) in [5.74, 6) is -1.12. The second kappa shape index (κ2) is 7.36. The number of halogens is 4. The molecule has 2 nitrogen and oxygen atoms in total. The largest absolute Gasteiger partial charge is 0.478 e. The maximum absolute atomic E-state index is 12.7. The van der Waals surface area contributed by atoms with Crippen LogP contribution in [-0.2, 0) is 11.0 Å². The number of alkyl halides is 3. The van der Waals surface area contributed by atoms with Crippen molar-refractivity contribution < 1.29 is 23.1 Å². The van der Waals surface area contributed by atoms with Crippen LogP contribution in [0.25, 0.3) is 5.57 Å². The zero-order valence-corrected chi connectivity index (χ0v) is 13.0. The zero-order valence-electron chi connectivity index (χ0n) is 12.2. The smallest absolute Gasteiger partial charge is 0.416 e. The van der Waals surface area contributed by atoms with Gasteiger partial charge in [0.25, 0.3) is 0 Å². The average Bonchev–Trinajstić information content (AvgIpc) is 2.52. The molecule has 0 aliphatic carbocycles. The number of carboxylic acid groups (broad SMARTS) is 1. The molecule has 2 aromatic carbocycles. The van der Waals surface area contributed by atoms with Crippen molar-refractivity contribution in [1.29, 1.82) is 0 Å². The van der Waals surface area contributed by atoms with Crippen LogP contribution in [0.1, 0.15) is 16.7 Å². The van der Waals surface area contributed by atoms with E-state index in [1.807, 2.05) is 0 Å². The minimum atomic E-state index is -4.41. The molecule has 0 atom stereocenters. The summed E-state index contributed by atoms with van der Waals surface area (Å²) in [5, 5.41) is 9.19. The van der Waals surface area contributed by atoms with Gasteiger partial charge in [0.1, 0.15) is 0 Å². The number of allylic oxidation sites excluding steroid dienone is 2. The third-order valence-corrected chi connectivity index (χ3v) is 3.43. The molecular formula is C18H12ClF3O2. The first-order valence-electron chi connectivity index (χ1n) is 6.82. The summed E-state index contributed by atoms with van der Waals surface area (Å²) in [7, 11) is 0. The Morgan fingerprint density at radius 2 is 1.46 bits per heavy atom. The quantitative estimate of drug-likeness (QED) is 0.588. The summed E-state index contributed by atoms with van der Waals surface area (Å²) in [4.78, 5) is 10.6. The molecule has 2 rings (SSSR count). The highest BCUT2D eigenvalue weighted by Gasteiger charge is 2.30. The van der Waals surface area contributed by atoms with Crippen LogP contribution >= 0.6 is 11.6 Å².